The summed E-state index contributed by atoms with van der Waals surface area (Å²) in [4.78, 5) is 17.4. The van der Waals surface area contributed by atoms with E-state index in [-0.39, 0.29) is 18.2 Å². The highest BCUT2D eigenvalue weighted by Crippen LogP contribution is 2.28. The van der Waals surface area contributed by atoms with Gasteiger partial charge in [0, 0.05) is 24.2 Å². The molecule has 3 heterocycles. The number of aryl methyl sites for hydroxylation is 5. The van der Waals surface area contributed by atoms with Crippen LogP contribution in [-0.2, 0) is 13.7 Å². The van der Waals surface area contributed by atoms with E-state index in [1.165, 1.54) is 11.3 Å². The Labute approximate surface area is 183 Å². The van der Waals surface area contributed by atoms with Gasteiger partial charge in [-0.25, -0.2) is 4.98 Å². The minimum atomic E-state index is -0.389. The Morgan fingerprint density at radius 3 is 2.77 bits per heavy atom. The van der Waals surface area contributed by atoms with Crippen LogP contribution in [0.5, 0.6) is 5.75 Å². The Hall–Kier alpha value is -3.46. The second kappa shape index (κ2) is 8.35. The number of carbonyl (C=O) groups excluding carboxylic acids is 1. The highest BCUT2D eigenvalue weighted by atomic mass is 32.1. The van der Waals surface area contributed by atoms with Gasteiger partial charge in [-0.05, 0) is 39.3 Å². The molecule has 0 unspecified atom stereocenters. The van der Waals surface area contributed by atoms with E-state index in [1.807, 2.05) is 57.6 Å². The molecule has 0 aliphatic rings. The van der Waals surface area contributed by atoms with Crippen molar-refractivity contribution in [3.05, 3.63) is 63.6 Å². The van der Waals surface area contributed by atoms with Crippen molar-refractivity contribution in [1.29, 1.82) is 0 Å². The van der Waals surface area contributed by atoms with Crippen molar-refractivity contribution < 1.29 is 14.1 Å². The molecule has 0 spiro atoms. The molecule has 1 aromatic carbocycles. The third kappa shape index (κ3) is 4.36. The van der Waals surface area contributed by atoms with Gasteiger partial charge >= 0.3 is 0 Å². The van der Waals surface area contributed by atoms with Gasteiger partial charge in [-0.3, -0.25) is 14.8 Å². The number of ether oxygens (including phenoxy) is 1. The van der Waals surface area contributed by atoms with Crippen LogP contribution in [0, 0.1) is 27.7 Å². The van der Waals surface area contributed by atoms with Crippen LogP contribution in [0.4, 0.5) is 5.13 Å². The average molecular weight is 438 g/mol. The molecule has 0 radical (unpaired) electrons. The summed E-state index contributed by atoms with van der Waals surface area (Å²) in [5.74, 6) is 0.912. The number of thiazole rings is 1. The quantitative estimate of drug-likeness (QED) is 0.474. The SMILES string of the molecule is Cc1ccc(OCc2c(C(=O)Nc3nc(-c4cn(C)nc4C)cs3)noc2C)c(C)c1. The first-order valence-corrected chi connectivity index (χ1v) is 10.6. The van der Waals surface area contributed by atoms with Gasteiger partial charge in [0.25, 0.3) is 5.91 Å². The number of anilines is 1. The standard InChI is InChI=1S/C22H23N5O3S/c1-12-6-7-19(13(2)8-12)29-10-17-15(4)30-26-20(17)21(28)24-22-23-18(11-31-22)16-9-27(5)25-14(16)3/h6-9,11H,10H2,1-5H3,(H,23,24,28). The molecule has 1 N–H and O–H groups in total. The molecule has 9 heteroatoms. The predicted octanol–water partition coefficient (Wildman–Crippen LogP) is 4.60. The van der Waals surface area contributed by atoms with Crippen molar-refractivity contribution in [3.8, 4) is 17.0 Å². The molecule has 1 amide bonds. The van der Waals surface area contributed by atoms with Crippen LogP contribution >= 0.6 is 11.3 Å². The van der Waals surface area contributed by atoms with Crippen LogP contribution in [0.1, 0.15) is 38.6 Å². The lowest BCUT2D eigenvalue weighted by atomic mass is 10.1. The molecule has 0 saturated heterocycles. The van der Waals surface area contributed by atoms with Crippen LogP contribution < -0.4 is 10.1 Å². The zero-order valence-corrected chi connectivity index (χ0v) is 18.8. The Morgan fingerprint density at radius 1 is 1.26 bits per heavy atom. The van der Waals surface area contributed by atoms with Crippen LogP contribution in [0.3, 0.4) is 0 Å². The van der Waals surface area contributed by atoms with Gasteiger partial charge in [0.15, 0.2) is 10.8 Å². The number of nitrogens with one attached hydrogen (secondary N) is 1. The normalized spacial score (nSPS) is 11.0. The fraction of sp³-hybridized carbons (Fsp3) is 0.273. The third-order valence-electron chi connectivity index (χ3n) is 4.92. The number of rotatable bonds is 6. The monoisotopic (exact) mass is 437 g/mol. The summed E-state index contributed by atoms with van der Waals surface area (Å²) in [6, 6.07) is 5.96. The van der Waals surface area contributed by atoms with Crippen molar-refractivity contribution in [1.82, 2.24) is 19.9 Å². The molecule has 3 aromatic heterocycles. The lowest BCUT2D eigenvalue weighted by molar-refractivity contribution is 0.101. The van der Waals surface area contributed by atoms with Gasteiger partial charge in [-0.15, -0.1) is 11.3 Å². The van der Waals surface area contributed by atoms with Crippen molar-refractivity contribution >= 4 is 22.4 Å². The number of aromatic nitrogens is 4. The zero-order valence-electron chi connectivity index (χ0n) is 18.0. The van der Waals surface area contributed by atoms with E-state index in [9.17, 15) is 4.79 Å². The average Bonchev–Trinajstić information content (AvgIpc) is 3.40. The Balaban J connectivity index is 1.49. The summed E-state index contributed by atoms with van der Waals surface area (Å²) in [7, 11) is 1.86. The van der Waals surface area contributed by atoms with Crippen molar-refractivity contribution in [2.45, 2.75) is 34.3 Å². The van der Waals surface area contributed by atoms with Gasteiger partial charge in [0.1, 0.15) is 18.1 Å². The Kier molecular flexibility index (Phi) is 5.60. The predicted molar refractivity (Wildman–Crippen MR) is 118 cm³/mol. The first kappa shape index (κ1) is 20.8. The Morgan fingerprint density at radius 2 is 2.06 bits per heavy atom. The second-order valence-corrected chi connectivity index (χ2v) is 8.28. The number of hydrogen-bond acceptors (Lipinski definition) is 7. The van der Waals surface area contributed by atoms with Gasteiger partial charge in [-0.1, -0.05) is 22.9 Å². The van der Waals surface area contributed by atoms with Crippen molar-refractivity contribution in [2.75, 3.05) is 5.32 Å². The van der Waals surface area contributed by atoms with Crippen LogP contribution in [0.2, 0.25) is 0 Å². The summed E-state index contributed by atoms with van der Waals surface area (Å²) >= 11 is 1.34. The molecule has 0 atom stereocenters. The maximum Gasteiger partial charge on any atom is 0.280 e. The molecular formula is C22H23N5O3S. The molecular weight excluding hydrogens is 414 g/mol. The van der Waals surface area contributed by atoms with Gasteiger partial charge < -0.3 is 9.26 Å². The van der Waals surface area contributed by atoms with E-state index >= 15 is 0 Å². The summed E-state index contributed by atoms with van der Waals surface area (Å²) < 4.78 is 12.9. The summed E-state index contributed by atoms with van der Waals surface area (Å²) in [5.41, 5.74) is 5.56. The fourth-order valence-electron chi connectivity index (χ4n) is 3.31. The molecule has 4 aromatic rings. The fourth-order valence-corrected chi connectivity index (χ4v) is 4.02. The van der Waals surface area contributed by atoms with Gasteiger partial charge in [0.05, 0.1) is 17.0 Å². The van der Waals surface area contributed by atoms with Crippen molar-refractivity contribution in [3.63, 3.8) is 0 Å². The highest BCUT2D eigenvalue weighted by Gasteiger charge is 2.22. The number of benzene rings is 1. The third-order valence-corrected chi connectivity index (χ3v) is 5.67. The van der Waals surface area contributed by atoms with Crippen molar-refractivity contribution in [2.24, 2.45) is 7.05 Å². The van der Waals surface area contributed by atoms with E-state index in [0.29, 0.717) is 16.5 Å². The zero-order chi connectivity index (χ0) is 22.1. The highest BCUT2D eigenvalue weighted by molar-refractivity contribution is 7.14. The second-order valence-electron chi connectivity index (χ2n) is 7.42. The Bertz CT molecular complexity index is 1250. The molecule has 0 bridgehead atoms. The first-order chi connectivity index (χ1) is 14.8. The molecule has 0 fully saturated rings. The van der Waals surface area contributed by atoms with E-state index < -0.39 is 0 Å². The maximum atomic E-state index is 12.8. The topological polar surface area (TPSA) is 95.1 Å². The molecule has 0 saturated carbocycles. The van der Waals surface area contributed by atoms with Crippen LogP contribution in [-0.4, -0.2) is 25.8 Å². The van der Waals surface area contributed by atoms with Gasteiger partial charge in [0.2, 0.25) is 0 Å². The number of carbonyl (C=O) groups is 1. The van der Waals surface area contributed by atoms with E-state index in [1.54, 1.807) is 11.6 Å². The van der Waals surface area contributed by atoms with Crippen LogP contribution in [0.25, 0.3) is 11.3 Å². The summed E-state index contributed by atoms with van der Waals surface area (Å²) in [5, 5.41) is 13.4. The first-order valence-electron chi connectivity index (χ1n) is 9.74. The van der Waals surface area contributed by atoms with Gasteiger partial charge in [-0.2, -0.15) is 5.10 Å². The lowest BCUT2D eigenvalue weighted by Crippen LogP contribution is -2.15. The molecule has 4 rings (SSSR count). The molecule has 0 aliphatic carbocycles. The molecule has 31 heavy (non-hydrogen) atoms. The minimum Gasteiger partial charge on any atom is -0.488 e. The van der Waals surface area contributed by atoms with E-state index in [2.05, 4.69) is 20.6 Å². The lowest BCUT2D eigenvalue weighted by Gasteiger charge is -2.10. The van der Waals surface area contributed by atoms with Crippen LogP contribution in [0.15, 0.2) is 34.3 Å². The maximum absolute atomic E-state index is 12.8. The molecule has 160 valence electrons. The number of hydrogen-bond donors (Lipinski definition) is 1. The smallest absolute Gasteiger partial charge is 0.280 e. The largest absolute Gasteiger partial charge is 0.488 e. The van der Waals surface area contributed by atoms with E-state index in [4.69, 9.17) is 9.26 Å². The molecule has 0 aliphatic heterocycles. The number of amides is 1. The summed E-state index contributed by atoms with van der Waals surface area (Å²) in [6.45, 7) is 7.88. The minimum absolute atomic E-state index is 0.181. The summed E-state index contributed by atoms with van der Waals surface area (Å²) in [6.07, 6.45) is 1.90. The molecule has 8 nitrogen and oxygen atoms in total. The number of nitrogens with zero attached hydrogens (tertiary/aromatic N) is 4. The van der Waals surface area contributed by atoms with E-state index in [0.717, 1.165) is 33.8 Å².